The van der Waals surface area contributed by atoms with Gasteiger partial charge in [-0.2, -0.15) is 0 Å². The summed E-state index contributed by atoms with van der Waals surface area (Å²) in [4.78, 5) is 21.5. The summed E-state index contributed by atoms with van der Waals surface area (Å²) in [7, 11) is 1.34. The quantitative estimate of drug-likeness (QED) is 0.171. The summed E-state index contributed by atoms with van der Waals surface area (Å²) in [6.45, 7) is 2.77. The summed E-state index contributed by atoms with van der Waals surface area (Å²) in [5.74, 6) is 0.580. The summed E-state index contributed by atoms with van der Waals surface area (Å²) >= 11 is 0. The largest absolute Gasteiger partial charge is 0.494 e. The number of unbranched alkanes of at least 4 members (excludes halogenated alkanes) is 1. The van der Waals surface area contributed by atoms with Crippen molar-refractivity contribution in [3.63, 3.8) is 0 Å². The Hall–Kier alpha value is -4.29. The number of methoxy groups -OCH3 is 1. The smallest absolute Gasteiger partial charge is 0.338 e. The van der Waals surface area contributed by atoms with E-state index in [4.69, 9.17) is 24.7 Å². The number of rotatable bonds is 10. The molecule has 0 bridgehead atoms. The number of ether oxygens (including phenoxy) is 3. The Morgan fingerprint density at radius 3 is 2.50 bits per heavy atom. The summed E-state index contributed by atoms with van der Waals surface area (Å²) in [6.07, 6.45) is 1.46. The van der Waals surface area contributed by atoms with E-state index >= 15 is 0 Å². The normalized spacial score (nSPS) is 18.5. The van der Waals surface area contributed by atoms with Crippen LogP contribution in [0.1, 0.15) is 42.6 Å². The molecule has 0 saturated heterocycles. The Kier molecular flexibility index (Phi) is 7.88. The zero-order valence-electron chi connectivity index (χ0n) is 20.4. The van der Waals surface area contributed by atoms with Crippen molar-refractivity contribution in [1.29, 1.82) is 5.53 Å². The lowest BCUT2D eigenvalue weighted by Crippen LogP contribution is -2.44. The number of hydrogen-bond donors (Lipinski definition) is 1. The van der Waals surface area contributed by atoms with Gasteiger partial charge < -0.3 is 14.2 Å². The SMILES string of the molecule is CCCCOc1ccc(C2=N[C@@](Cc3ccccc3N=[N+]=N)(C(=O)OC)[C@@H](c3ccccc3)O2)cc1. The molecule has 3 aromatic rings. The molecule has 184 valence electrons. The minimum absolute atomic E-state index is 0.149. The minimum Gasteiger partial charge on any atom is -0.494 e. The van der Waals surface area contributed by atoms with E-state index in [-0.39, 0.29) is 6.42 Å². The van der Waals surface area contributed by atoms with Crippen LogP contribution in [0, 0.1) is 5.53 Å². The molecule has 4 rings (SSSR count). The zero-order valence-corrected chi connectivity index (χ0v) is 20.4. The van der Waals surface area contributed by atoms with Crippen molar-refractivity contribution in [1.82, 2.24) is 4.91 Å². The first-order valence-corrected chi connectivity index (χ1v) is 11.9. The van der Waals surface area contributed by atoms with E-state index in [1.165, 1.54) is 7.11 Å². The van der Waals surface area contributed by atoms with Crippen molar-refractivity contribution in [3.05, 3.63) is 95.6 Å². The van der Waals surface area contributed by atoms with Crippen molar-refractivity contribution in [2.75, 3.05) is 13.7 Å². The van der Waals surface area contributed by atoms with E-state index in [0.29, 0.717) is 23.8 Å². The van der Waals surface area contributed by atoms with E-state index in [0.717, 1.165) is 29.7 Å². The van der Waals surface area contributed by atoms with E-state index in [2.05, 4.69) is 16.9 Å². The topological polar surface area (TPSA) is 107 Å². The van der Waals surface area contributed by atoms with Gasteiger partial charge in [0.2, 0.25) is 16.3 Å². The van der Waals surface area contributed by atoms with Crippen LogP contribution in [0.4, 0.5) is 5.69 Å². The molecular formula is C28H29N4O4+. The van der Waals surface area contributed by atoms with Gasteiger partial charge in [0.05, 0.1) is 13.7 Å². The highest BCUT2D eigenvalue weighted by atomic mass is 16.5. The predicted octanol–water partition coefficient (Wildman–Crippen LogP) is 5.72. The van der Waals surface area contributed by atoms with Gasteiger partial charge in [-0.25, -0.2) is 9.79 Å². The lowest BCUT2D eigenvalue weighted by atomic mass is 9.82. The van der Waals surface area contributed by atoms with Gasteiger partial charge in [-0.15, -0.1) is 0 Å². The number of esters is 1. The molecule has 0 aromatic heterocycles. The fourth-order valence-electron chi connectivity index (χ4n) is 4.24. The summed E-state index contributed by atoms with van der Waals surface area (Å²) in [5.41, 5.74) is 8.48. The Morgan fingerprint density at radius 2 is 1.81 bits per heavy atom. The van der Waals surface area contributed by atoms with Crippen LogP contribution in [-0.2, 0) is 20.7 Å². The van der Waals surface area contributed by atoms with Crippen molar-refractivity contribution in [3.8, 4) is 5.75 Å². The third-order valence-electron chi connectivity index (χ3n) is 6.08. The minimum atomic E-state index is -1.41. The molecule has 1 aliphatic heterocycles. The average Bonchev–Trinajstić information content (AvgIpc) is 3.31. The first kappa shape index (κ1) is 24.8. The van der Waals surface area contributed by atoms with E-state index < -0.39 is 17.6 Å². The molecule has 8 heteroatoms. The average molecular weight is 486 g/mol. The fraction of sp³-hybridized carbons (Fsp3) is 0.286. The fourth-order valence-corrected chi connectivity index (χ4v) is 4.24. The van der Waals surface area contributed by atoms with Gasteiger partial charge in [0.1, 0.15) is 11.3 Å². The third kappa shape index (κ3) is 5.19. The van der Waals surface area contributed by atoms with Crippen molar-refractivity contribution < 1.29 is 19.0 Å². The monoisotopic (exact) mass is 485 g/mol. The Balaban J connectivity index is 1.78. The molecule has 36 heavy (non-hydrogen) atoms. The van der Waals surface area contributed by atoms with E-state index in [1.54, 1.807) is 12.1 Å². The van der Waals surface area contributed by atoms with E-state index in [9.17, 15) is 4.79 Å². The molecule has 8 nitrogen and oxygen atoms in total. The zero-order chi connectivity index (χ0) is 25.4. The molecule has 1 aliphatic rings. The standard InChI is InChI=1S/C28H29N4O4/c1-3-4-18-35-23-16-14-21(15-17-23)26-30-28(27(33)34-2,25(36-26)20-10-6-5-7-11-20)19-22-12-8-9-13-24(22)31-32-29/h5-17,25,29H,3-4,18-19H2,1-2H3/q+1/t25-,28-/m1/s1. The molecule has 2 atom stereocenters. The Morgan fingerprint density at radius 1 is 1.08 bits per heavy atom. The Labute approximate surface area is 210 Å². The second kappa shape index (κ2) is 11.4. The number of benzene rings is 3. The molecule has 0 radical (unpaired) electrons. The van der Waals surface area contributed by atoms with Gasteiger partial charge in [0.25, 0.3) is 0 Å². The van der Waals surface area contributed by atoms with Gasteiger partial charge >= 0.3 is 5.97 Å². The van der Waals surface area contributed by atoms with Crippen molar-refractivity contribution in [2.45, 2.75) is 37.8 Å². The molecule has 0 spiro atoms. The Bertz CT molecular complexity index is 1270. The van der Waals surface area contributed by atoms with Crippen LogP contribution >= 0.6 is 0 Å². The summed E-state index contributed by atoms with van der Waals surface area (Å²) in [6, 6.07) is 24.2. The highest BCUT2D eigenvalue weighted by Gasteiger charge is 2.54. The molecule has 0 unspecified atom stereocenters. The molecule has 0 aliphatic carbocycles. The van der Waals surface area contributed by atoms with Gasteiger partial charge in [0, 0.05) is 12.0 Å². The van der Waals surface area contributed by atoms with Crippen LogP contribution in [0.3, 0.4) is 0 Å². The molecule has 1 heterocycles. The predicted molar refractivity (Wildman–Crippen MR) is 135 cm³/mol. The van der Waals surface area contributed by atoms with E-state index in [1.807, 2.05) is 66.7 Å². The number of aliphatic imine (C=N–C) groups is 1. The number of carbonyl (C=O) groups is 1. The summed E-state index contributed by atoms with van der Waals surface area (Å²) in [5, 5.41) is 3.92. The van der Waals surface area contributed by atoms with Crippen LogP contribution in [-0.4, -0.2) is 31.1 Å². The first-order valence-electron chi connectivity index (χ1n) is 11.9. The maximum absolute atomic E-state index is 13.5. The second-order valence-corrected chi connectivity index (χ2v) is 8.47. The van der Waals surface area contributed by atoms with Crippen LogP contribution in [0.2, 0.25) is 0 Å². The molecular weight excluding hydrogens is 456 g/mol. The molecule has 1 N–H and O–H groups in total. The van der Waals surface area contributed by atoms with Crippen LogP contribution < -0.4 is 9.65 Å². The number of nitrogens with zero attached hydrogens (tertiary/aromatic N) is 3. The third-order valence-corrected chi connectivity index (χ3v) is 6.08. The number of hydrogen-bond acceptors (Lipinski definition) is 7. The second-order valence-electron chi connectivity index (χ2n) is 8.47. The molecule has 0 fully saturated rings. The maximum atomic E-state index is 13.5. The van der Waals surface area contributed by atoms with Gasteiger partial charge in [-0.1, -0.05) is 61.9 Å². The number of carbonyl (C=O) groups excluding carboxylic acids is 1. The van der Waals surface area contributed by atoms with Gasteiger partial charge in [-0.3, -0.25) is 0 Å². The lowest BCUT2D eigenvalue weighted by Gasteiger charge is -2.29. The molecule has 3 aromatic carbocycles. The van der Waals surface area contributed by atoms with Gasteiger partial charge in [-0.05, 0) is 47.9 Å². The first-order chi connectivity index (χ1) is 17.6. The van der Waals surface area contributed by atoms with Gasteiger partial charge in [0.15, 0.2) is 16.9 Å². The number of nitrogens with one attached hydrogen (secondary N) is 1. The lowest BCUT2D eigenvalue weighted by molar-refractivity contribution is -0.149. The summed E-state index contributed by atoms with van der Waals surface area (Å²) < 4.78 is 17.5. The molecule has 0 amide bonds. The van der Waals surface area contributed by atoms with Crippen molar-refractivity contribution >= 4 is 17.6 Å². The van der Waals surface area contributed by atoms with Crippen LogP contribution in [0.5, 0.6) is 5.75 Å². The maximum Gasteiger partial charge on any atom is 0.338 e. The molecule has 0 saturated carbocycles. The highest BCUT2D eigenvalue weighted by molar-refractivity contribution is 6.00. The van der Waals surface area contributed by atoms with Crippen molar-refractivity contribution in [2.24, 2.45) is 10.1 Å². The van der Waals surface area contributed by atoms with Crippen LogP contribution in [0.15, 0.2) is 89.0 Å². The highest BCUT2D eigenvalue weighted by Crippen LogP contribution is 2.44. The van der Waals surface area contributed by atoms with Crippen LogP contribution in [0.25, 0.3) is 0 Å².